The van der Waals surface area contributed by atoms with Crippen molar-refractivity contribution in [2.75, 3.05) is 5.43 Å². The van der Waals surface area contributed by atoms with Gasteiger partial charge in [0.2, 0.25) is 0 Å². The molecule has 0 aliphatic carbocycles. The third kappa shape index (κ3) is 3.97. The summed E-state index contributed by atoms with van der Waals surface area (Å²) in [7, 11) is 0. The summed E-state index contributed by atoms with van der Waals surface area (Å²) in [6.45, 7) is 0. The number of hydrazone groups is 1. The second-order valence-electron chi connectivity index (χ2n) is 2.96. The molecule has 4 nitrogen and oxygen atoms in total. The number of aliphatic carboxylic acids is 1. The Balaban J connectivity index is 2.77. The molecule has 8 heteroatoms. The van der Waals surface area contributed by atoms with Crippen LogP contribution in [-0.4, -0.2) is 17.3 Å². The highest BCUT2D eigenvalue weighted by molar-refractivity contribution is 6.51. The fraction of sp³-hybridized carbons (Fsp3) is 0. The van der Waals surface area contributed by atoms with Gasteiger partial charge in [-0.25, -0.2) is 13.6 Å². The van der Waals surface area contributed by atoms with Gasteiger partial charge in [-0.2, -0.15) is 5.10 Å². The highest BCUT2D eigenvalue weighted by Gasteiger charge is 2.08. The van der Waals surface area contributed by atoms with Crippen molar-refractivity contribution in [1.29, 1.82) is 0 Å². The summed E-state index contributed by atoms with van der Waals surface area (Å²) in [6.07, 6.45) is 0.890. The number of anilines is 1. The Morgan fingerprint density at radius 1 is 1.39 bits per heavy atom. The van der Waals surface area contributed by atoms with Gasteiger partial charge in [-0.15, -0.1) is 0 Å². The van der Waals surface area contributed by atoms with E-state index in [2.05, 4.69) is 10.5 Å². The van der Waals surface area contributed by atoms with Crippen LogP contribution >= 0.6 is 23.2 Å². The summed E-state index contributed by atoms with van der Waals surface area (Å²) in [6, 6.07) is 2.82. The molecule has 0 bridgehead atoms. The summed E-state index contributed by atoms with van der Waals surface area (Å²) in [5, 5.41) is 11.0. The van der Waals surface area contributed by atoms with Gasteiger partial charge in [0.05, 0.1) is 16.9 Å². The van der Waals surface area contributed by atoms with Crippen LogP contribution in [0.15, 0.2) is 33.4 Å². The zero-order valence-electron chi connectivity index (χ0n) is 8.62. The van der Waals surface area contributed by atoms with Crippen molar-refractivity contribution in [1.82, 2.24) is 0 Å². The summed E-state index contributed by atoms with van der Waals surface area (Å²) in [5.41, 5.74) is 2.13. The molecule has 0 aliphatic rings. The van der Waals surface area contributed by atoms with E-state index in [0.717, 1.165) is 18.3 Å². The SMILES string of the molecule is O=C(O)/C(Cl)=C(Cl)/C=N\Nc1ccc(F)cc1F. The Bertz CT molecular complexity index is 533. The molecule has 96 valence electrons. The van der Waals surface area contributed by atoms with Gasteiger partial charge < -0.3 is 5.11 Å². The highest BCUT2D eigenvalue weighted by Crippen LogP contribution is 2.15. The van der Waals surface area contributed by atoms with Crippen LogP contribution in [0.2, 0.25) is 0 Å². The minimum atomic E-state index is -1.42. The van der Waals surface area contributed by atoms with E-state index in [0.29, 0.717) is 6.07 Å². The Kier molecular flexibility index (Phi) is 5.06. The molecule has 0 saturated heterocycles. The quantitative estimate of drug-likeness (QED) is 0.509. The number of rotatable bonds is 4. The standard InChI is InChI=1S/C10H6Cl2F2N2O2/c11-6(9(12)10(17)18)4-15-16-8-2-1-5(13)3-7(8)14/h1-4,16H,(H,17,18)/b9-6+,15-4-. The van der Waals surface area contributed by atoms with Crippen molar-refractivity contribution in [3.8, 4) is 0 Å². The number of benzene rings is 1. The highest BCUT2D eigenvalue weighted by atomic mass is 35.5. The van der Waals surface area contributed by atoms with Crippen LogP contribution in [0.5, 0.6) is 0 Å². The van der Waals surface area contributed by atoms with Crippen LogP contribution in [0, 0.1) is 11.6 Å². The average Bonchev–Trinajstić information content (AvgIpc) is 2.30. The maximum Gasteiger partial charge on any atom is 0.348 e. The van der Waals surface area contributed by atoms with Crippen LogP contribution in [0.25, 0.3) is 0 Å². The lowest BCUT2D eigenvalue weighted by molar-refractivity contribution is -0.131. The number of nitrogens with one attached hydrogen (secondary N) is 1. The predicted octanol–water partition coefficient (Wildman–Crippen LogP) is 3.14. The van der Waals surface area contributed by atoms with Crippen molar-refractivity contribution in [3.05, 3.63) is 39.9 Å². The van der Waals surface area contributed by atoms with E-state index in [1.807, 2.05) is 0 Å². The molecule has 0 aliphatic heterocycles. The lowest BCUT2D eigenvalue weighted by Crippen LogP contribution is -1.98. The minimum Gasteiger partial charge on any atom is -0.477 e. The first kappa shape index (κ1) is 14.4. The van der Waals surface area contributed by atoms with Gasteiger partial charge in [-0.3, -0.25) is 5.43 Å². The number of hydrogen-bond acceptors (Lipinski definition) is 3. The third-order valence-corrected chi connectivity index (χ3v) is 2.44. The Morgan fingerprint density at radius 2 is 2.06 bits per heavy atom. The van der Waals surface area contributed by atoms with Crippen LogP contribution in [-0.2, 0) is 4.79 Å². The zero-order valence-corrected chi connectivity index (χ0v) is 10.1. The summed E-state index contributed by atoms with van der Waals surface area (Å²) < 4.78 is 25.7. The van der Waals surface area contributed by atoms with E-state index >= 15 is 0 Å². The number of allylic oxidation sites excluding steroid dienone is 1. The largest absolute Gasteiger partial charge is 0.477 e. The maximum absolute atomic E-state index is 13.1. The van der Waals surface area contributed by atoms with Gasteiger partial charge in [0, 0.05) is 6.07 Å². The Morgan fingerprint density at radius 3 is 2.61 bits per heavy atom. The van der Waals surface area contributed by atoms with Crippen molar-refractivity contribution in [2.24, 2.45) is 5.10 Å². The van der Waals surface area contributed by atoms with Crippen LogP contribution in [0.3, 0.4) is 0 Å². The molecule has 18 heavy (non-hydrogen) atoms. The molecule has 0 spiro atoms. The first-order chi connectivity index (χ1) is 8.41. The normalized spacial score (nSPS) is 12.4. The lowest BCUT2D eigenvalue weighted by atomic mass is 10.3. The van der Waals surface area contributed by atoms with E-state index in [-0.39, 0.29) is 10.7 Å². The zero-order chi connectivity index (χ0) is 13.7. The molecule has 0 saturated carbocycles. The van der Waals surface area contributed by atoms with Gasteiger partial charge in [0.25, 0.3) is 0 Å². The van der Waals surface area contributed by atoms with Gasteiger partial charge in [0.15, 0.2) is 5.82 Å². The fourth-order valence-electron chi connectivity index (χ4n) is 0.897. The van der Waals surface area contributed by atoms with Crippen LogP contribution in [0.4, 0.5) is 14.5 Å². The van der Waals surface area contributed by atoms with E-state index in [1.165, 1.54) is 0 Å². The molecule has 0 atom stereocenters. The monoisotopic (exact) mass is 294 g/mol. The van der Waals surface area contributed by atoms with Crippen molar-refractivity contribution >= 4 is 41.1 Å². The average molecular weight is 295 g/mol. The van der Waals surface area contributed by atoms with Crippen molar-refractivity contribution in [2.45, 2.75) is 0 Å². The van der Waals surface area contributed by atoms with E-state index < -0.39 is 22.6 Å². The molecule has 0 radical (unpaired) electrons. The molecular weight excluding hydrogens is 289 g/mol. The topological polar surface area (TPSA) is 61.7 Å². The summed E-state index contributed by atoms with van der Waals surface area (Å²) in [5.74, 6) is -2.99. The maximum atomic E-state index is 13.1. The Hall–Kier alpha value is -1.66. The van der Waals surface area contributed by atoms with E-state index in [4.69, 9.17) is 28.3 Å². The first-order valence-corrected chi connectivity index (χ1v) is 5.20. The van der Waals surface area contributed by atoms with Gasteiger partial charge in [-0.05, 0) is 12.1 Å². The Labute approximate surface area is 111 Å². The minimum absolute atomic E-state index is 0.0939. The van der Waals surface area contributed by atoms with Crippen molar-refractivity contribution < 1.29 is 18.7 Å². The van der Waals surface area contributed by atoms with Gasteiger partial charge in [0.1, 0.15) is 10.8 Å². The number of carboxylic acids is 1. The predicted molar refractivity (Wildman–Crippen MR) is 64.8 cm³/mol. The third-order valence-electron chi connectivity index (χ3n) is 1.69. The number of nitrogens with zero attached hydrogens (tertiary/aromatic N) is 1. The molecule has 2 N–H and O–H groups in total. The number of halogens is 4. The molecule has 0 aromatic heterocycles. The van der Waals surface area contributed by atoms with Crippen LogP contribution < -0.4 is 5.43 Å². The fourth-order valence-corrected chi connectivity index (χ4v) is 1.08. The second-order valence-corrected chi connectivity index (χ2v) is 3.75. The van der Waals surface area contributed by atoms with Crippen molar-refractivity contribution in [3.63, 3.8) is 0 Å². The molecule has 0 amide bonds. The summed E-state index contributed by atoms with van der Waals surface area (Å²) >= 11 is 10.8. The van der Waals surface area contributed by atoms with E-state index in [1.54, 1.807) is 0 Å². The molecular formula is C10H6Cl2F2N2O2. The second kappa shape index (κ2) is 6.32. The number of carbonyl (C=O) groups is 1. The molecule has 0 fully saturated rings. The lowest BCUT2D eigenvalue weighted by Gasteiger charge is -2.01. The molecule has 1 aromatic rings. The van der Waals surface area contributed by atoms with Crippen LogP contribution in [0.1, 0.15) is 0 Å². The number of carboxylic acid groups (broad SMARTS) is 1. The molecule has 0 heterocycles. The molecule has 1 aromatic carbocycles. The van der Waals surface area contributed by atoms with Gasteiger partial charge in [-0.1, -0.05) is 23.2 Å². The smallest absolute Gasteiger partial charge is 0.348 e. The summed E-state index contributed by atoms with van der Waals surface area (Å²) in [4.78, 5) is 10.4. The molecule has 1 rings (SSSR count). The van der Waals surface area contributed by atoms with E-state index in [9.17, 15) is 13.6 Å². The van der Waals surface area contributed by atoms with Gasteiger partial charge >= 0.3 is 5.97 Å². The number of hydrogen-bond donors (Lipinski definition) is 2. The molecule has 0 unspecified atom stereocenters. The first-order valence-electron chi connectivity index (χ1n) is 4.44.